The predicted octanol–water partition coefficient (Wildman–Crippen LogP) is -0.366. The van der Waals surface area contributed by atoms with E-state index < -0.39 is 0 Å². The molecule has 0 amide bonds. The van der Waals surface area contributed by atoms with Gasteiger partial charge in [0.2, 0.25) is 0 Å². The maximum Gasteiger partial charge on any atom is 0.0639 e. The van der Waals surface area contributed by atoms with Crippen molar-refractivity contribution in [3.05, 3.63) is 0 Å². The van der Waals surface area contributed by atoms with Crippen molar-refractivity contribution in [1.29, 1.82) is 0 Å². The van der Waals surface area contributed by atoms with Crippen LogP contribution >= 0.6 is 0 Å². The van der Waals surface area contributed by atoms with E-state index in [1.165, 1.54) is 6.42 Å². The Hall–Kier alpha value is -0.120. The summed E-state index contributed by atoms with van der Waals surface area (Å²) in [6, 6.07) is 0. The lowest BCUT2D eigenvalue weighted by Crippen LogP contribution is -2.45. The third-order valence-electron chi connectivity index (χ3n) is 2.94. The summed E-state index contributed by atoms with van der Waals surface area (Å²) < 4.78 is 0. The van der Waals surface area contributed by atoms with Crippen LogP contribution in [0.3, 0.4) is 0 Å². The average Bonchev–Trinajstić information content (AvgIpc) is 2.43. The molecule has 0 bridgehead atoms. The summed E-state index contributed by atoms with van der Waals surface area (Å²) in [5.74, 6) is 0. The third kappa shape index (κ3) is 1.28. The average molecular weight is 155 g/mol. The zero-order chi connectivity index (χ0) is 7.95. The maximum atomic E-state index is 5.99. The highest BCUT2D eigenvalue weighted by Gasteiger charge is 2.44. The second-order valence-corrected chi connectivity index (χ2v) is 4.37. The standard InChI is InChI=1S/C8H17N3/c1-7(9)4-8(6-11-7)2-3-10-5-8/h10-11H,2-6,9H2,1H3. The SMILES string of the molecule is CC1(N)CC2(CCNC2)CN1. The summed E-state index contributed by atoms with van der Waals surface area (Å²) in [4.78, 5) is 0. The Morgan fingerprint density at radius 1 is 1.36 bits per heavy atom. The van der Waals surface area contributed by atoms with Crippen molar-refractivity contribution in [3.8, 4) is 0 Å². The van der Waals surface area contributed by atoms with E-state index >= 15 is 0 Å². The van der Waals surface area contributed by atoms with Crippen molar-refractivity contribution in [2.45, 2.75) is 25.4 Å². The molecule has 0 aliphatic carbocycles. The molecule has 4 N–H and O–H groups in total. The van der Waals surface area contributed by atoms with Crippen molar-refractivity contribution in [2.24, 2.45) is 11.1 Å². The quantitative estimate of drug-likeness (QED) is 0.447. The van der Waals surface area contributed by atoms with Crippen molar-refractivity contribution in [3.63, 3.8) is 0 Å². The second-order valence-electron chi connectivity index (χ2n) is 4.37. The Kier molecular flexibility index (Phi) is 1.50. The van der Waals surface area contributed by atoms with Gasteiger partial charge in [-0.15, -0.1) is 0 Å². The van der Waals surface area contributed by atoms with Gasteiger partial charge in [0, 0.05) is 13.1 Å². The van der Waals surface area contributed by atoms with Gasteiger partial charge >= 0.3 is 0 Å². The summed E-state index contributed by atoms with van der Waals surface area (Å²) in [6.45, 7) is 5.48. The molecule has 2 aliphatic heterocycles. The van der Waals surface area contributed by atoms with Gasteiger partial charge in [0.1, 0.15) is 0 Å². The lowest BCUT2D eigenvalue weighted by atomic mass is 9.83. The zero-order valence-electron chi connectivity index (χ0n) is 7.11. The fraction of sp³-hybridized carbons (Fsp3) is 1.00. The maximum absolute atomic E-state index is 5.99. The molecule has 11 heavy (non-hydrogen) atoms. The van der Waals surface area contributed by atoms with E-state index in [1.54, 1.807) is 0 Å². The van der Waals surface area contributed by atoms with E-state index in [2.05, 4.69) is 17.6 Å². The molecule has 3 nitrogen and oxygen atoms in total. The molecule has 2 atom stereocenters. The predicted molar refractivity (Wildman–Crippen MR) is 45.1 cm³/mol. The van der Waals surface area contributed by atoms with Gasteiger partial charge in [0.25, 0.3) is 0 Å². The van der Waals surface area contributed by atoms with Crippen LogP contribution in [0, 0.1) is 5.41 Å². The molecule has 64 valence electrons. The highest BCUT2D eigenvalue weighted by molar-refractivity contribution is 5.02. The van der Waals surface area contributed by atoms with E-state index in [1.807, 2.05) is 0 Å². The molecular weight excluding hydrogens is 138 g/mol. The third-order valence-corrected chi connectivity index (χ3v) is 2.94. The number of rotatable bonds is 0. The van der Waals surface area contributed by atoms with Crippen LogP contribution in [0.2, 0.25) is 0 Å². The Balaban J connectivity index is 2.07. The Bertz CT molecular complexity index is 159. The first-order valence-electron chi connectivity index (χ1n) is 4.37. The molecule has 2 heterocycles. The van der Waals surface area contributed by atoms with E-state index in [0.29, 0.717) is 5.41 Å². The molecule has 0 aromatic heterocycles. The first-order valence-corrected chi connectivity index (χ1v) is 4.37. The fourth-order valence-corrected chi connectivity index (χ4v) is 2.39. The van der Waals surface area contributed by atoms with Crippen LogP contribution in [0.25, 0.3) is 0 Å². The highest BCUT2D eigenvalue weighted by Crippen LogP contribution is 2.37. The van der Waals surface area contributed by atoms with Gasteiger partial charge in [-0.1, -0.05) is 0 Å². The number of hydrogen-bond acceptors (Lipinski definition) is 3. The summed E-state index contributed by atoms with van der Waals surface area (Å²) in [5.41, 5.74) is 6.35. The molecular formula is C8H17N3. The van der Waals surface area contributed by atoms with Crippen LogP contribution in [0.4, 0.5) is 0 Å². The first-order chi connectivity index (χ1) is 5.12. The van der Waals surface area contributed by atoms with Crippen LogP contribution in [0.5, 0.6) is 0 Å². The topological polar surface area (TPSA) is 50.1 Å². The second kappa shape index (κ2) is 2.19. The van der Waals surface area contributed by atoms with Gasteiger partial charge in [-0.2, -0.15) is 0 Å². The largest absolute Gasteiger partial charge is 0.316 e. The van der Waals surface area contributed by atoms with E-state index in [4.69, 9.17) is 5.73 Å². The summed E-state index contributed by atoms with van der Waals surface area (Å²) in [5, 5.41) is 6.76. The number of nitrogens with one attached hydrogen (secondary N) is 2. The van der Waals surface area contributed by atoms with E-state index in [9.17, 15) is 0 Å². The van der Waals surface area contributed by atoms with E-state index in [-0.39, 0.29) is 5.66 Å². The molecule has 2 aliphatic rings. The molecule has 2 unspecified atom stereocenters. The van der Waals surface area contributed by atoms with Gasteiger partial charge in [0.15, 0.2) is 0 Å². The Labute approximate surface area is 67.7 Å². The first kappa shape index (κ1) is 7.53. The van der Waals surface area contributed by atoms with Gasteiger partial charge in [-0.05, 0) is 31.7 Å². The van der Waals surface area contributed by atoms with Crippen molar-refractivity contribution in [2.75, 3.05) is 19.6 Å². The van der Waals surface area contributed by atoms with Crippen LogP contribution in [-0.4, -0.2) is 25.3 Å². The molecule has 0 saturated carbocycles. The van der Waals surface area contributed by atoms with E-state index in [0.717, 1.165) is 26.1 Å². The van der Waals surface area contributed by atoms with Crippen molar-refractivity contribution >= 4 is 0 Å². The molecule has 2 saturated heterocycles. The molecule has 2 fully saturated rings. The normalized spacial score (nSPS) is 50.7. The molecule has 3 heteroatoms. The molecule has 1 spiro atoms. The van der Waals surface area contributed by atoms with Gasteiger partial charge < -0.3 is 11.1 Å². The lowest BCUT2D eigenvalue weighted by Gasteiger charge is -2.22. The highest BCUT2D eigenvalue weighted by atomic mass is 15.1. The summed E-state index contributed by atoms with van der Waals surface area (Å²) in [7, 11) is 0. The van der Waals surface area contributed by atoms with Crippen molar-refractivity contribution in [1.82, 2.24) is 10.6 Å². The smallest absolute Gasteiger partial charge is 0.0639 e. The number of hydrogen-bond donors (Lipinski definition) is 3. The van der Waals surface area contributed by atoms with Crippen LogP contribution in [0.1, 0.15) is 19.8 Å². The minimum absolute atomic E-state index is 0.119. The van der Waals surface area contributed by atoms with Crippen molar-refractivity contribution < 1.29 is 0 Å². The van der Waals surface area contributed by atoms with Crippen LogP contribution in [0.15, 0.2) is 0 Å². The summed E-state index contributed by atoms with van der Waals surface area (Å²) >= 11 is 0. The molecule has 0 aromatic carbocycles. The number of nitrogens with two attached hydrogens (primary N) is 1. The fourth-order valence-electron chi connectivity index (χ4n) is 2.39. The van der Waals surface area contributed by atoms with Gasteiger partial charge in [-0.25, -0.2) is 0 Å². The molecule has 2 rings (SSSR count). The monoisotopic (exact) mass is 155 g/mol. The Morgan fingerprint density at radius 2 is 2.18 bits per heavy atom. The molecule has 0 aromatic rings. The van der Waals surface area contributed by atoms with Gasteiger partial charge in [-0.3, -0.25) is 5.32 Å². The zero-order valence-corrected chi connectivity index (χ0v) is 7.11. The Morgan fingerprint density at radius 3 is 2.64 bits per heavy atom. The van der Waals surface area contributed by atoms with Crippen LogP contribution in [-0.2, 0) is 0 Å². The lowest BCUT2D eigenvalue weighted by molar-refractivity contribution is 0.326. The molecule has 0 radical (unpaired) electrons. The summed E-state index contributed by atoms with van der Waals surface area (Å²) in [6.07, 6.45) is 2.40. The minimum Gasteiger partial charge on any atom is -0.316 e. The van der Waals surface area contributed by atoms with Gasteiger partial charge in [0.05, 0.1) is 5.66 Å². The van der Waals surface area contributed by atoms with Crippen LogP contribution < -0.4 is 16.4 Å². The minimum atomic E-state index is -0.119.